The van der Waals surface area contributed by atoms with E-state index in [4.69, 9.17) is 0 Å². The first-order valence-corrected chi connectivity index (χ1v) is 7.36. The summed E-state index contributed by atoms with van der Waals surface area (Å²) in [7, 11) is 0. The van der Waals surface area contributed by atoms with E-state index in [0.717, 1.165) is 37.9 Å². The quantitative estimate of drug-likeness (QED) is 0.811. The summed E-state index contributed by atoms with van der Waals surface area (Å²) in [5.74, 6) is 1.77. The Balaban J connectivity index is 1.62. The first-order chi connectivity index (χ1) is 9.88. The molecule has 3 heterocycles. The Morgan fingerprint density at radius 3 is 2.95 bits per heavy atom. The molecule has 0 atom stereocenters. The fourth-order valence-corrected chi connectivity index (χ4v) is 2.73. The molecular weight excluding hydrogens is 254 g/mol. The van der Waals surface area contributed by atoms with Crippen LogP contribution in [-0.4, -0.2) is 51.2 Å². The average molecular weight is 275 g/mol. The van der Waals surface area contributed by atoms with Gasteiger partial charge in [-0.15, -0.1) is 5.10 Å². The van der Waals surface area contributed by atoms with Crippen LogP contribution in [0.15, 0.2) is 12.4 Å². The zero-order valence-electron chi connectivity index (χ0n) is 11.9. The molecule has 0 aromatic carbocycles. The van der Waals surface area contributed by atoms with Crippen molar-refractivity contribution in [2.75, 3.05) is 31.1 Å². The molecule has 7 nitrogen and oxygen atoms in total. The highest BCUT2D eigenvalue weighted by Gasteiger charge is 2.21. The Kier molecular flexibility index (Phi) is 4.05. The maximum absolute atomic E-state index is 4.22. The Hall–Kier alpha value is -1.76. The van der Waals surface area contributed by atoms with Crippen molar-refractivity contribution in [3.8, 4) is 0 Å². The summed E-state index contributed by atoms with van der Waals surface area (Å²) in [6.45, 7) is 6.54. The lowest BCUT2D eigenvalue weighted by molar-refractivity contribution is 0.381. The van der Waals surface area contributed by atoms with Crippen molar-refractivity contribution < 1.29 is 0 Å². The smallest absolute Gasteiger partial charge is 0.199 e. The zero-order valence-corrected chi connectivity index (χ0v) is 11.9. The normalized spacial score (nSPS) is 16.9. The minimum Gasteiger partial charge on any atom is -0.355 e. The van der Waals surface area contributed by atoms with Gasteiger partial charge in [0, 0.05) is 13.1 Å². The van der Waals surface area contributed by atoms with E-state index in [1.54, 1.807) is 10.7 Å². The monoisotopic (exact) mass is 275 g/mol. The number of fused-ring (bicyclic) bond motifs is 1. The van der Waals surface area contributed by atoms with Gasteiger partial charge in [0.15, 0.2) is 11.5 Å². The van der Waals surface area contributed by atoms with Crippen LogP contribution in [0.1, 0.15) is 26.2 Å². The number of hydrogen-bond donors (Lipinski definition) is 1. The number of hydrogen-bond acceptors (Lipinski definition) is 6. The van der Waals surface area contributed by atoms with E-state index in [0.29, 0.717) is 5.65 Å². The fraction of sp³-hybridized carbons (Fsp3) is 0.692. The van der Waals surface area contributed by atoms with E-state index in [2.05, 4.69) is 37.6 Å². The molecule has 0 bridgehead atoms. The second-order valence-electron chi connectivity index (χ2n) is 5.35. The Labute approximate surface area is 118 Å². The van der Waals surface area contributed by atoms with Crippen LogP contribution in [0.25, 0.3) is 5.65 Å². The van der Waals surface area contributed by atoms with Crippen LogP contribution in [0, 0.1) is 5.92 Å². The van der Waals surface area contributed by atoms with Gasteiger partial charge in [-0.2, -0.15) is 4.52 Å². The molecule has 1 fully saturated rings. The number of nitrogens with zero attached hydrogens (tertiary/aromatic N) is 6. The molecule has 1 saturated heterocycles. The second kappa shape index (κ2) is 6.13. The van der Waals surface area contributed by atoms with Gasteiger partial charge in [-0.1, -0.05) is 6.92 Å². The lowest BCUT2D eigenvalue weighted by atomic mass is 9.97. The molecular formula is C13H21N7. The maximum atomic E-state index is 4.22. The highest BCUT2D eigenvalue weighted by molar-refractivity contribution is 5.46. The van der Waals surface area contributed by atoms with Crippen molar-refractivity contribution in [2.24, 2.45) is 5.92 Å². The van der Waals surface area contributed by atoms with Crippen molar-refractivity contribution in [1.82, 2.24) is 30.3 Å². The molecule has 0 saturated carbocycles. The van der Waals surface area contributed by atoms with Crippen molar-refractivity contribution in [1.29, 1.82) is 0 Å². The number of tetrazole rings is 1. The molecule has 0 spiro atoms. The molecule has 2 aromatic rings. The molecule has 1 N–H and O–H groups in total. The van der Waals surface area contributed by atoms with Crippen molar-refractivity contribution >= 4 is 11.5 Å². The summed E-state index contributed by atoms with van der Waals surface area (Å²) < 4.78 is 1.77. The molecule has 2 aromatic heterocycles. The first-order valence-electron chi connectivity index (χ1n) is 7.36. The zero-order chi connectivity index (χ0) is 13.8. The van der Waals surface area contributed by atoms with E-state index >= 15 is 0 Å². The Morgan fingerprint density at radius 2 is 2.15 bits per heavy atom. The first kappa shape index (κ1) is 13.2. The van der Waals surface area contributed by atoms with Gasteiger partial charge in [0.2, 0.25) is 0 Å². The van der Waals surface area contributed by atoms with Crippen LogP contribution in [0.4, 0.5) is 5.82 Å². The summed E-state index contributed by atoms with van der Waals surface area (Å²) in [6, 6.07) is 0. The summed E-state index contributed by atoms with van der Waals surface area (Å²) in [6.07, 6.45) is 7.14. The summed E-state index contributed by atoms with van der Waals surface area (Å²) in [5, 5.41) is 15.2. The predicted octanol–water partition coefficient (Wildman–Crippen LogP) is 0.735. The van der Waals surface area contributed by atoms with Crippen LogP contribution in [0.2, 0.25) is 0 Å². The third-order valence-corrected chi connectivity index (χ3v) is 3.89. The SMILES string of the molecule is CCCNCC1CCN(c2cncc3nnnn23)CC1. The van der Waals surface area contributed by atoms with Crippen LogP contribution in [0.5, 0.6) is 0 Å². The molecule has 0 radical (unpaired) electrons. The number of anilines is 1. The van der Waals surface area contributed by atoms with Gasteiger partial charge in [0.05, 0.1) is 12.4 Å². The van der Waals surface area contributed by atoms with Gasteiger partial charge in [0.1, 0.15) is 0 Å². The molecule has 0 aliphatic carbocycles. The summed E-state index contributed by atoms with van der Waals surface area (Å²) in [5.41, 5.74) is 0.703. The molecule has 20 heavy (non-hydrogen) atoms. The van der Waals surface area contributed by atoms with Gasteiger partial charge in [-0.05, 0) is 48.7 Å². The molecule has 7 heteroatoms. The fourth-order valence-electron chi connectivity index (χ4n) is 2.73. The van der Waals surface area contributed by atoms with E-state index in [-0.39, 0.29) is 0 Å². The number of rotatable bonds is 5. The third-order valence-electron chi connectivity index (χ3n) is 3.89. The summed E-state index contributed by atoms with van der Waals surface area (Å²) >= 11 is 0. The minimum atomic E-state index is 0.703. The maximum Gasteiger partial charge on any atom is 0.199 e. The van der Waals surface area contributed by atoms with Gasteiger partial charge in [-0.25, -0.2) is 0 Å². The van der Waals surface area contributed by atoms with E-state index in [1.807, 2.05) is 6.20 Å². The Bertz CT molecular complexity index is 544. The van der Waals surface area contributed by atoms with Gasteiger partial charge in [0.25, 0.3) is 0 Å². The van der Waals surface area contributed by atoms with E-state index in [1.165, 1.54) is 19.3 Å². The molecule has 108 valence electrons. The third kappa shape index (κ3) is 2.72. The van der Waals surface area contributed by atoms with Crippen molar-refractivity contribution in [2.45, 2.75) is 26.2 Å². The average Bonchev–Trinajstić information content (AvgIpc) is 2.97. The lowest BCUT2D eigenvalue weighted by Crippen LogP contribution is -2.38. The number of piperidine rings is 1. The van der Waals surface area contributed by atoms with Crippen LogP contribution < -0.4 is 10.2 Å². The van der Waals surface area contributed by atoms with Gasteiger partial charge < -0.3 is 10.2 Å². The van der Waals surface area contributed by atoms with Gasteiger partial charge in [-0.3, -0.25) is 4.98 Å². The Morgan fingerprint density at radius 1 is 1.30 bits per heavy atom. The van der Waals surface area contributed by atoms with Crippen LogP contribution in [-0.2, 0) is 0 Å². The second-order valence-corrected chi connectivity index (χ2v) is 5.35. The van der Waals surface area contributed by atoms with Crippen LogP contribution in [0.3, 0.4) is 0 Å². The minimum absolute atomic E-state index is 0.703. The topological polar surface area (TPSA) is 71.2 Å². The summed E-state index contributed by atoms with van der Waals surface area (Å²) in [4.78, 5) is 6.55. The molecule has 1 aliphatic rings. The van der Waals surface area contributed by atoms with Crippen molar-refractivity contribution in [3.63, 3.8) is 0 Å². The van der Waals surface area contributed by atoms with Gasteiger partial charge >= 0.3 is 0 Å². The van der Waals surface area contributed by atoms with Crippen LogP contribution >= 0.6 is 0 Å². The lowest BCUT2D eigenvalue weighted by Gasteiger charge is -2.33. The van der Waals surface area contributed by atoms with E-state index < -0.39 is 0 Å². The van der Waals surface area contributed by atoms with Crippen molar-refractivity contribution in [3.05, 3.63) is 12.4 Å². The molecule has 3 rings (SSSR count). The molecule has 0 amide bonds. The molecule has 0 unspecified atom stereocenters. The number of aromatic nitrogens is 5. The predicted molar refractivity (Wildman–Crippen MR) is 76.7 cm³/mol. The highest BCUT2D eigenvalue weighted by atomic mass is 15.5. The standard InChI is InChI=1S/C13H21N7/c1-2-5-14-8-11-3-6-19(7-4-11)13-10-15-9-12-16-17-18-20(12)13/h9-11,14H,2-8H2,1H3. The van der Waals surface area contributed by atoms with E-state index in [9.17, 15) is 0 Å². The number of nitrogens with one attached hydrogen (secondary N) is 1. The highest BCUT2D eigenvalue weighted by Crippen LogP contribution is 2.22. The largest absolute Gasteiger partial charge is 0.355 e. The molecule has 1 aliphatic heterocycles.